The van der Waals surface area contributed by atoms with Crippen LogP contribution in [0.4, 0.5) is 0 Å². The van der Waals surface area contributed by atoms with Gasteiger partial charge in [0.05, 0.1) is 0 Å². The molecule has 0 heterocycles. The van der Waals surface area contributed by atoms with Gasteiger partial charge in [0, 0.05) is 12.0 Å². The van der Waals surface area contributed by atoms with E-state index in [4.69, 9.17) is 4.74 Å². The Labute approximate surface area is 149 Å². The third-order valence-corrected chi connectivity index (χ3v) is 3.68. The van der Waals surface area contributed by atoms with Crippen molar-refractivity contribution in [2.24, 2.45) is 0 Å². The second kappa shape index (κ2) is 7.51. The number of amides is 1. The minimum atomic E-state index is -1.17. The van der Waals surface area contributed by atoms with Gasteiger partial charge in [0.1, 0.15) is 11.1 Å². The Morgan fingerprint density at radius 3 is 1.92 bits per heavy atom. The largest absolute Gasteiger partial charge is 0.458 e. The Kier molecular flexibility index (Phi) is 5.62. The Balaban J connectivity index is 2.27. The van der Waals surface area contributed by atoms with Crippen molar-refractivity contribution in [3.05, 3.63) is 71.8 Å². The van der Waals surface area contributed by atoms with Crippen molar-refractivity contribution in [3.8, 4) is 0 Å². The molecule has 1 atom stereocenters. The van der Waals surface area contributed by atoms with E-state index in [1.165, 1.54) is 0 Å². The molecule has 0 fully saturated rings. The normalized spacial score (nSPS) is 13.6. The fraction of sp³-hybridized carbons (Fsp3) is 0.333. The van der Waals surface area contributed by atoms with Gasteiger partial charge in [-0.2, -0.15) is 0 Å². The number of esters is 1. The summed E-state index contributed by atoms with van der Waals surface area (Å²) in [6.45, 7) is 7.14. The van der Waals surface area contributed by atoms with E-state index in [-0.39, 0.29) is 5.91 Å². The molecule has 4 nitrogen and oxygen atoms in total. The molecule has 2 aromatic rings. The van der Waals surface area contributed by atoms with Crippen LogP contribution in [0.15, 0.2) is 60.7 Å². The van der Waals surface area contributed by atoms with E-state index < -0.39 is 17.1 Å². The van der Waals surface area contributed by atoms with Gasteiger partial charge in [0.15, 0.2) is 0 Å². The SMILES string of the molecule is CC(C)(C)OC(=O)[C@@](C)(Cc1ccccc1)NC(=O)c1ccccc1. The van der Waals surface area contributed by atoms with Crippen LogP contribution in [0.25, 0.3) is 0 Å². The Bertz CT molecular complexity index is 720. The Hall–Kier alpha value is -2.62. The van der Waals surface area contributed by atoms with Crippen LogP contribution in [-0.2, 0) is 16.0 Å². The number of ether oxygens (including phenoxy) is 1. The molecule has 0 saturated carbocycles. The molecule has 132 valence electrons. The van der Waals surface area contributed by atoms with Crippen LogP contribution >= 0.6 is 0 Å². The first-order valence-electron chi connectivity index (χ1n) is 8.34. The number of benzene rings is 2. The summed E-state index contributed by atoms with van der Waals surface area (Å²) >= 11 is 0. The summed E-state index contributed by atoms with van der Waals surface area (Å²) in [5.41, 5.74) is -0.344. The molecule has 0 aliphatic heterocycles. The van der Waals surface area contributed by atoms with Crippen molar-refractivity contribution in [2.45, 2.75) is 45.3 Å². The van der Waals surface area contributed by atoms with Crippen molar-refractivity contribution >= 4 is 11.9 Å². The lowest BCUT2D eigenvalue weighted by Gasteiger charge is -2.32. The predicted octanol–water partition coefficient (Wildman–Crippen LogP) is 3.76. The first kappa shape index (κ1) is 18.7. The maximum Gasteiger partial charge on any atom is 0.332 e. The van der Waals surface area contributed by atoms with E-state index in [1.807, 2.05) is 57.2 Å². The van der Waals surface area contributed by atoms with Crippen molar-refractivity contribution < 1.29 is 14.3 Å². The van der Waals surface area contributed by atoms with Gasteiger partial charge >= 0.3 is 5.97 Å². The number of hydrogen-bond acceptors (Lipinski definition) is 3. The van der Waals surface area contributed by atoms with Crippen LogP contribution < -0.4 is 5.32 Å². The van der Waals surface area contributed by atoms with E-state index in [1.54, 1.807) is 31.2 Å². The third kappa shape index (κ3) is 5.45. The van der Waals surface area contributed by atoms with Gasteiger partial charge in [-0.15, -0.1) is 0 Å². The molecule has 0 unspecified atom stereocenters. The van der Waals surface area contributed by atoms with Crippen LogP contribution in [0.2, 0.25) is 0 Å². The average molecular weight is 339 g/mol. The number of carbonyl (C=O) groups excluding carboxylic acids is 2. The molecule has 0 aliphatic carbocycles. The molecule has 0 aromatic heterocycles. The van der Waals surface area contributed by atoms with Crippen molar-refractivity contribution in [1.82, 2.24) is 5.32 Å². The molecular formula is C21H25NO3. The van der Waals surface area contributed by atoms with Gasteiger partial charge in [-0.25, -0.2) is 4.79 Å². The molecular weight excluding hydrogens is 314 g/mol. The van der Waals surface area contributed by atoms with Crippen molar-refractivity contribution in [2.75, 3.05) is 0 Å². The number of hydrogen-bond donors (Lipinski definition) is 1. The molecule has 4 heteroatoms. The number of carbonyl (C=O) groups is 2. The van der Waals surface area contributed by atoms with Crippen LogP contribution in [0.3, 0.4) is 0 Å². The summed E-state index contributed by atoms with van der Waals surface area (Å²) in [6, 6.07) is 18.4. The average Bonchev–Trinajstić information content (AvgIpc) is 2.55. The minimum Gasteiger partial charge on any atom is -0.458 e. The summed E-state index contributed by atoms with van der Waals surface area (Å²) in [4.78, 5) is 25.4. The van der Waals surface area contributed by atoms with Gasteiger partial charge in [-0.3, -0.25) is 4.79 Å². The molecule has 25 heavy (non-hydrogen) atoms. The Morgan fingerprint density at radius 1 is 0.880 bits per heavy atom. The number of nitrogens with one attached hydrogen (secondary N) is 1. The second-order valence-electron chi connectivity index (χ2n) is 7.32. The lowest BCUT2D eigenvalue weighted by molar-refractivity contribution is -0.162. The van der Waals surface area contributed by atoms with Crippen molar-refractivity contribution in [3.63, 3.8) is 0 Å². The lowest BCUT2D eigenvalue weighted by Crippen LogP contribution is -2.56. The minimum absolute atomic E-state index is 0.301. The van der Waals surface area contributed by atoms with Gasteiger partial charge in [0.25, 0.3) is 5.91 Å². The van der Waals surface area contributed by atoms with Gasteiger partial charge in [-0.05, 0) is 45.4 Å². The highest BCUT2D eigenvalue weighted by atomic mass is 16.6. The summed E-state index contributed by atoms with van der Waals surface area (Å²) in [5.74, 6) is -0.752. The molecule has 1 N–H and O–H groups in total. The van der Waals surface area contributed by atoms with E-state index in [0.29, 0.717) is 12.0 Å². The lowest BCUT2D eigenvalue weighted by atomic mass is 9.92. The molecule has 0 bridgehead atoms. The van der Waals surface area contributed by atoms with Crippen LogP contribution in [0, 0.1) is 0 Å². The number of rotatable bonds is 5. The maximum absolute atomic E-state index is 12.8. The molecule has 0 saturated heterocycles. The highest BCUT2D eigenvalue weighted by molar-refractivity contribution is 5.98. The zero-order chi connectivity index (χ0) is 18.5. The topological polar surface area (TPSA) is 55.4 Å². The summed E-state index contributed by atoms with van der Waals surface area (Å²) in [6.07, 6.45) is 0.349. The fourth-order valence-corrected chi connectivity index (χ4v) is 2.47. The first-order valence-corrected chi connectivity index (χ1v) is 8.34. The molecule has 2 aromatic carbocycles. The van der Waals surface area contributed by atoms with E-state index in [2.05, 4.69) is 5.32 Å². The zero-order valence-electron chi connectivity index (χ0n) is 15.2. The van der Waals surface area contributed by atoms with Crippen LogP contribution in [0.1, 0.15) is 43.6 Å². The standard InChI is InChI=1S/C21H25NO3/c1-20(2,3)25-19(24)21(4,15-16-11-7-5-8-12-16)22-18(23)17-13-9-6-10-14-17/h5-14H,15H2,1-4H3,(H,22,23)/t21-/m1/s1. The quantitative estimate of drug-likeness (QED) is 0.844. The van der Waals surface area contributed by atoms with E-state index >= 15 is 0 Å². The predicted molar refractivity (Wildman–Crippen MR) is 98.3 cm³/mol. The van der Waals surface area contributed by atoms with Gasteiger partial charge in [-0.1, -0.05) is 48.5 Å². The van der Waals surface area contributed by atoms with Crippen LogP contribution in [-0.4, -0.2) is 23.0 Å². The van der Waals surface area contributed by atoms with Crippen LogP contribution in [0.5, 0.6) is 0 Å². The first-order chi connectivity index (χ1) is 11.7. The molecule has 1 amide bonds. The smallest absolute Gasteiger partial charge is 0.332 e. The Morgan fingerprint density at radius 2 is 1.40 bits per heavy atom. The molecule has 0 aliphatic rings. The third-order valence-electron chi connectivity index (χ3n) is 3.68. The molecule has 0 spiro atoms. The summed E-state index contributed by atoms with van der Waals surface area (Å²) < 4.78 is 5.56. The van der Waals surface area contributed by atoms with E-state index in [9.17, 15) is 9.59 Å². The molecule has 2 rings (SSSR count). The highest BCUT2D eigenvalue weighted by Crippen LogP contribution is 2.20. The summed E-state index contributed by atoms with van der Waals surface area (Å²) in [5, 5.41) is 2.87. The maximum atomic E-state index is 12.8. The fourth-order valence-electron chi connectivity index (χ4n) is 2.47. The van der Waals surface area contributed by atoms with Gasteiger partial charge in [0.2, 0.25) is 0 Å². The zero-order valence-corrected chi connectivity index (χ0v) is 15.2. The van der Waals surface area contributed by atoms with Gasteiger partial charge < -0.3 is 10.1 Å². The highest BCUT2D eigenvalue weighted by Gasteiger charge is 2.39. The van der Waals surface area contributed by atoms with Crippen molar-refractivity contribution in [1.29, 1.82) is 0 Å². The summed E-state index contributed by atoms with van der Waals surface area (Å²) in [7, 11) is 0. The molecule has 0 radical (unpaired) electrons. The van der Waals surface area contributed by atoms with E-state index in [0.717, 1.165) is 5.56 Å². The second-order valence-corrected chi connectivity index (χ2v) is 7.32. The monoisotopic (exact) mass is 339 g/mol.